The van der Waals surface area contributed by atoms with Crippen molar-refractivity contribution in [3.05, 3.63) is 59.7 Å². The number of thioether (sulfide) groups is 1. The van der Waals surface area contributed by atoms with Gasteiger partial charge in [0.2, 0.25) is 0 Å². The maximum absolute atomic E-state index is 13.5. The molecule has 0 aliphatic rings. The Labute approximate surface area is 127 Å². The van der Waals surface area contributed by atoms with Gasteiger partial charge in [0.15, 0.2) is 0 Å². The molecule has 2 rings (SSSR count). The number of rotatable bonds is 7. The van der Waals surface area contributed by atoms with Crippen molar-refractivity contribution >= 4 is 17.4 Å². The smallest absolute Gasteiger partial charge is 0.131 e. The van der Waals surface area contributed by atoms with Gasteiger partial charge < -0.3 is 10.4 Å². The molecule has 0 bridgehead atoms. The van der Waals surface area contributed by atoms with Crippen molar-refractivity contribution in [1.82, 2.24) is 0 Å². The number of benzene rings is 2. The highest BCUT2D eigenvalue weighted by atomic mass is 32.2. The molecular formula is C16H17F2NOS. The van der Waals surface area contributed by atoms with Crippen LogP contribution in [-0.2, 0) is 6.54 Å². The highest BCUT2D eigenvalue weighted by molar-refractivity contribution is 7.99. The maximum Gasteiger partial charge on any atom is 0.131 e. The van der Waals surface area contributed by atoms with E-state index in [0.717, 1.165) is 28.8 Å². The normalized spacial score (nSPS) is 10.6. The van der Waals surface area contributed by atoms with Crippen LogP contribution in [0.2, 0.25) is 0 Å². The van der Waals surface area contributed by atoms with Gasteiger partial charge in [-0.1, -0.05) is 6.07 Å². The fourth-order valence-corrected chi connectivity index (χ4v) is 2.62. The second-order valence-electron chi connectivity index (χ2n) is 4.54. The van der Waals surface area contributed by atoms with Crippen LogP contribution in [0.15, 0.2) is 47.4 Å². The summed E-state index contributed by atoms with van der Waals surface area (Å²) in [5.74, 6) is -0.233. The Morgan fingerprint density at radius 2 is 1.81 bits per heavy atom. The molecule has 0 aromatic heterocycles. The third kappa shape index (κ3) is 5.02. The second-order valence-corrected chi connectivity index (χ2v) is 5.71. The van der Waals surface area contributed by atoms with Gasteiger partial charge in [-0.15, -0.1) is 11.8 Å². The quantitative estimate of drug-likeness (QED) is 0.598. The van der Waals surface area contributed by atoms with E-state index >= 15 is 0 Å². The van der Waals surface area contributed by atoms with Crippen molar-refractivity contribution in [2.24, 2.45) is 0 Å². The molecule has 0 atom stereocenters. The van der Waals surface area contributed by atoms with E-state index in [4.69, 9.17) is 5.11 Å². The third-order valence-electron chi connectivity index (χ3n) is 2.92. The number of hydrogen-bond acceptors (Lipinski definition) is 3. The highest BCUT2D eigenvalue weighted by Crippen LogP contribution is 2.21. The van der Waals surface area contributed by atoms with Crippen molar-refractivity contribution in [3.8, 4) is 0 Å². The first kappa shape index (κ1) is 15.8. The molecule has 0 spiro atoms. The SMILES string of the molecule is OCCCSc1ccc(NCc2ccc(F)cc2F)cc1. The molecule has 0 aliphatic heterocycles. The first-order chi connectivity index (χ1) is 10.2. The van der Waals surface area contributed by atoms with Gasteiger partial charge in [0.25, 0.3) is 0 Å². The van der Waals surface area contributed by atoms with Crippen LogP contribution >= 0.6 is 11.8 Å². The summed E-state index contributed by atoms with van der Waals surface area (Å²) in [6, 6.07) is 11.4. The third-order valence-corrected chi connectivity index (χ3v) is 4.02. The van der Waals surface area contributed by atoms with Crippen LogP contribution < -0.4 is 5.32 Å². The number of halogens is 2. The Bertz CT molecular complexity index is 575. The van der Waals surface area contributed by atoms with Gasteiger partial charge in [-0.3, -0.25) is 0 Å². The van der Waals surface area contributed by atoms with Crippen LogP contribution in [0.3, 0.4) is 0 Å². The molecule has 0 saturated carbocycles. The van der Waals surface area contributed by atoms with E-state index in [1.807, 2.05) is 24.3 Å². The number of aliphatic hydroxyl groups excluding tert-OH is 1. The highest BCUT2D eigenvalue weighted by Gasteiger charge is 2.03. The average Bonchev–Trinajstić information content (AvgIpc) is 2.48. The van der Waals surface area contributed by atoms with Crippen molar-refractivity contribution in [3.63, 3.8) is 0 Å². The van der Waals surface area contributed by atoms with Gasteiger partial charge in [0.1, 0.15) is 11.6 Å². The van der Waals surface area contributed by atoms with Gasteiger partial charge in [-0.05, 0) is 36.8 Å². The standard InChI is InChI=1S/C16H17F2NOS/c17-13-3-2-12(16(18)10-13)11-19-14-4-6-15(7-5-14)21-9-1-8-20/h2-7,10,19-20H,1,8-9,11H2. The van der Waals surface area contributed by atoms with E-state index < -0.39 is 11.6 Å². The molecule has 21 heavy (non-hydrogen) atoms. The average molecular weight is 309 g/mol. The predicted molar refractivity (Wildman–Crippen MR) is 82.6 cm³/mol. The Balaban J connectivity index is 1.88. The zero-order valence-corrected chi connectivity index (χ0v) is 12.3. The second kappa shape index (κ2) is 8.00. The van der Waals surface area contributed by atoms with Crippen molar-refractivity contribution < 1.29 is 13.9 Å². The molecule has 2 aromatic rings. The summed E-state index contributed by atoms with van der Waals surface area (Å²) < 4.78 is 26.3. The van der Waals surface area contributed by atoms with Crippen LogP contribution in [0, 0.1) is 11.6 Å². The van der Waals surface area contributed by atoms with E-state index in [-0.39, 0.29) is 6.61 Å². The van der Waals surface area contributed by atoms with Gasteiger partial charge in [0.05, 0.1) is 0 Å². The lowest BCUT2D eigenvalue weighted by atomic mass is 10.2. The van der Waals surface area contributed by atoms with Crippen LogP contribution in [0.25, 0.3) is 0 Å². The van der Waals surface area contributed by atoms with Gasteiger partial charge >= 0.3 is 0 Å². The van der Waals surface area contributed by atoms with E-state index in [2.05, 4.69) is 5.32 Å². The molecule has 5 heteroatoms. The topological polar surface area (TPSA) is 32.3 Å². The summed E-state index contributed by atoms with van der Waals surface area (Å²) >= 11 is 1.68. The molecule has 112 valence electrons. The van der Waals surface area contributed by atoms with Crippen molar-refractivity contribution in [2.45, 2.75) is 17.9 Å². The first-order valence-corrected chi connectivity index (χ1v) is 7.69. The molecule has 0 unspecified atom stereocenters. The summed E-state index contributed by atoms with van der Waals surface area (Å²) in [4.78, 5) is 1.13. The zero-order valence-electron chi connectivity index (χ0n) is 11.5. The fourth-order valence-electron chi connectivity index (χ4n) is 1.79. The minimum absolute atomic E-state index is 0.204. The number of anilines is 1. The number of aliphatic hydroxyl groups is 1. The molecule has 0 heterocycles. The van der Waals surface area contributed by atoms with Crippen LogP contribution in [0.5, 0.6) is 0 Å². The van der Waals surface area contributed by atoms with E-state index in [1.54, 1.807) is 11.8 Å². The Kier molecular flexibility index (Phi) is 6.02. The number of nitrogens with one attached hydrogen (secondary N) is 1. The molecule has 0 saturated heterocycles. The van der Waals surface area contributed by atoms with Gasteiger partial charge in [-0.25, -0.2) is 8.78 Å². The summed E-state index contributed by atoms with van der Waals surface area (Å²) in [6.45, 7) is 0.513. The van der Waals surface area contributed by atoms with E-state index in [0.29, 0.717) is 12.1 Å². The summed E-state index contributed by atoms with van der Waals surface area (Å²) in [5.41, 5.74) is 1.31. The number of hydrogen-bond donors (Lipinski definition) is 2. The Hall–Kier alpha value is -1.59. The minimum Gasteiger partial charge on any atom is -0.396 e. The molecule has 0 amide bonds. The monoisotopic (exact) mass is 309 g/mol. The largest absolute Gasteiger partial charge is 0.396 e. The lowest BCUT2D eigenvalue weighted by molar-refractivity contribution is 0.296. The maximum atomic E-state index is 13.5. The van der Waals surface area contributed by atoms with Crippen molar-refractivity contribution in [1.29, 1.82) is 0 Å². The molecule has 2 nitrogen and oxygen atoms in total. The summed E-state index contributed by atoms with van der Waals surface area (Å²) in [7, 11) is 0. The molecule has 2 aromatic carbocycles. The van der Waals surface area contributed by atoms with Gasteiger partial charge in [-0.2, -0.15) is 0 Å². The Morgan fingerprint density at radius 3 is 2.48 bits per heavy atom. The Morgan fingerprint density at radius 1 is 1.05 bits per heavy atom. The summed E-state index contributed by atoms with van der Waals surface area (Å²) in [6.07, 6.45) is 0.772. The molecule has 0 aliphatic carbocycles. The van der Waals surface area contributed by atoms with Crippen molar-refractivity contribution in [2.75, 3.05) is 17.7 Å². The predicted octanol–water partition coefficient (Wildman–Crippen LogP) is 4.05. The minimum atomic E-state index is -0.569. The molecule has 2 N–H and O–H groups in total. The van der Waals surface area contributed by atoms with Gasteiger partial charge in [0, 0.05) is 41.1 Å². The lowest BCUT2D eigenvalue weighted by Gasteiger charge is -2.08. The van der Waals surface area contributed by atoms with Crippen LogP contribution in [0.1, 0.15) is 12.0 Å². The fraction of sp³-hybridized carbons (Fsp3) is 0.250. The lowest BCUT2D eigenvalue weighted by Crippen LogP contribution is -2.02. The molecular weight excluding hydrogens is 292 g/mol. The molecule has 0 fully saturated rings. The van der Waals surface area contributed by atoms with E-state index in [9.17, 15) is 8.78 Å². The molecule has 0 radical (unpaired) electrons. The zero-order chi connectivity index (χ0) is 15.1. The van der Waals surface area contributed by atoms with E-state index in [1.165, 1.54) is 12.1 Å². The summed E-state index contributed by atoms with van der Waals surface area (Å²) in [5, 5.41) is 11.8. The van der Waals surface area contributed by atoms with Crippen LogP contribution in [0.4, 0.5) is 14.5 Å². The van der Waals surface area contributed by atoms with Crippen LogP contribution in [-0.4, -0.2) is 17.5 Å². The first-order valence-electron chi connectivity index (χ1n) is 6.70.